The monoisotopic (exact) mass is 422 g/mol. The van der Waals surface area contributed by atoms with Crippen LogP contribution in [0, 0.1) is 0 Å². The second kappa shape index (κ2) is 8.57. The largest absolute Gasteiger partial charge is 0.412 e. The molecule has 2 aliphatic rings. The molecule has 2 aliphatic heterocycles. The molecule has 10 nitrogen and oxygen atoms in total. The average Bonchev–Trinajstić information content (AvgIpc) is 3.45. The third kappa shape index (κ3) is 4.47. The normalized spacial score (nSPS) is 20.6. The van der Waals surface area contributed by atoms with Crippen molar-refractivity contribution in [2.45, 2.75) is 23.8 Å². The molecule has 156 valence electrons. The number of sulfonamides is 1. The lowest BCUT2D eigenvalue weighted by atomic mass is 10.2. The van der Waals surface area contributed by atoms with Crippen LogP contribution in [-0.4, -0.2) is 74.4 Å². The van der Waals surface area contributed by atoms with E-state index in [0.29, 0.717) is 45.0 Å². The minimum Gasteiger partial charge on any atom is -0.412 e. The summed E-state index contributed by atoms with van der Waals surface area (Å²) in [5.41, 5.74) is 0.525. The number of carbonyl (C=O) groups is 1. The number of morpholine rings is 1. The maximum atomic E-state index is 12.7. The van der Waals surface area contributed by atoms with Crippen molar-refractivity contribution in [3.8, 4) is 11.5 Å². The molecule has 2 fully saturated rings. The molecular weight excluding hydrogens is 400 g/mol. The molecule has 29 heavy (non-hydrogen) atoms. The van der Waals surface area contributed by atoms with Gasteiger partial charge in [-0.25, -0.2) is 8.42 Å². The molecule has 2 aromatic rings. The number of carbonyl (C=O) groups excluding carboxylic acids is 1. The Morgan fingerprint density at radius 3 is 2.59 bits per heavy atom. The van der Waals surface area contributed by atoms with E-state index >= 15 is 0 Å². The standard InChI is InChI=1S/C18H22N4O6S/c23-16(19-12-14-2-1-9-27-14)18-21-20-17(28-18)13-3-5-15(6-4-13)29(24,25)22-7-10-26-11-8-22/h3-6,14H,1-2,7-12H2,(H,19,23)/t14-/m1/s1. The van der Waals surface area contributed by atoms with Gasteiger partial charge in [-0.1, -0.05) is 0 Å². The quantitative estimate of drug-likeness (QED) is 0.720. The highest BCUT2D eigenvalue weighted by Crippen LogP contribution is 2.23. The predicted octanol–water partition coefficient (Wildman–Crippen LogP) is 0.666. The van der Waals surface area contributed by atoms with Gasteiger partial charge in [0.1, 0.15) is 0 Å². The molecule has 3 heterocycles. The molecule has 1 aromatic heterocycles. The summed E-state index contributed by atoms with van der Waals surface area (Å²) < 4.78 is 42.8. The van der Waals surface area contributed by atoms with Gasteiger partial charge in [0.25, 0.3) is 0 Å². The number of aromatic nitrogens is 2. The Labute approximate surface area is 168 Å². The zero-order valence-electron chi connectivity index (χ0n) is 15.7. The molecule has 0 bridgehead atoms. The summed E-state index contributed by atoms with van der Waals surface area (Å²) in [6, 6.07) is 6.13. The Kier molecular flexibility index (Phi) is 5.90. The van der Waals surface area contributed by atoms with Crippen LogP contribution in [0.4, 0.5) is 0 Å². The average molecular weight is 422 g/mol. The molecule has 0 radical (unpaired) electrons. The maximum Gasteiger partial charge on any atom is 0.308 e. The summed E-state index contributed by atoms with van der Waals surface area (Å²) in [7, 11) is -3.57. The van der Waals surface area contributed by atoms with Crippen molar-refractivity contribution in [1.82, 2.24) is 19.8 Å². The minimum atomic E-state index is -3.57. The number of nitrogens with zero attached hydrogens (tertiary/aromatic N) is 3. The van der Waals surface area contributed by atoms with E-state index in [1.165, 1.54) is 16.4 Å². The Hall–Kier alpha value is -2.34. The molecule has 1 aromatic carbocycles. The molecule has 11 heteroatoms. The fraction of sp³-hybridized carbons (Fsp3) is 0.500. The Morgan fingerprint density at radius 2 is 1.90 bits per heavy atom. The van der Waals surface area contributed by atoms with E-state index in [2.05, 4.69) is 15.5 Å². The summed E-state index contributed by atoms with van der Waals surface area (Å²) in [6.45, 7) is 2.54. The van der Waals surface area contributed by atoms with Crippen LogP contribution >= 0.6 is 0 Å². The van der Waals surface area contributed by atoms with Gasteiger partial charge < -0.3 is 19.2 Å². The minimum absolute atomic E-state index is 0.0160. The van der Waals surface area contributed by atoms with Crippen molar-refractivity contribution >= 4 is 15.9 Å². The van der Waals surface area contributed by atoms with Gasteiger partial charge in [-0.2, -0.15) is 4.31 Å². The Balaban J connectivity index is 1.42. The topological polar surface area (TPSA) is 124 Å². The molecule has 4 rings (SSSR count). The molecule has 1 N–H and O–H groups in total. The van der Waals surface area contributed by atoms with Gasteiger partial charge in [0.2, 0.25) is 15.9 Å². The van der Waals surface area contributed by atoms with Crippen LogP contribution in [-0.2, 0) is 19.5 Å². The third-order valence-corrected chi connectivity index (χ3v) is 6.76. The first kappa shape index (κ1) is 20.0. The van der Waals surface area contributed by atoms with Gasteiger partial charge in [0.15, 0.2) is 0 Å². The lowest BCUT2D eigenvalue weighted by Gasteiger charge is -2.26. The van der Waals surface area contributed by atoms with E-state index in [0.717, 1.165) is 12.8 Å². The van der Waals surface area contributed by atoms with Crippen LogP contribution in [0.2, 0.25) is 0 Å². The number of benzene rings is 1. The Bertz CT molecular complexity index is 947. The van der Waals surface area contributed by atoms with Gasteiger partial charge in [-0.3, -0.25) is 4.79 Å². The first-order valence-electron chi connectivity index (χ1n) is 9.46. The molecule has 0 saturated carbocycles. The fourth-order valence-electron chi connectivity index (χ4n) is 3.22. The number of amides is 1. The molecule has 0 unspecified atom stereocenters. The molecule has 0 aliphatic carbocycles. The summed E-state index contributed by atoms with van der Waals surface area (Å²) in [6.07, 6.45) is 1.92. The fourth-order valence-corrected chi connectivity index (χ4v) is 4.63. The van der Waals surface area contributed by atoms with E-state index in [4.69, 9.17) is 13.9 Å². The molecular formula is C18H22N4O6S. The van der Waals surface area contributed by atoms with Crippen LogP contribution in [0.15, 0.2) is 33.6 Å². The van der Waals surface area contributed by atoms with Crippen molar-refractivity contribution in [2.75, 3.05) is 39.5 Å². The van der Waals surface area contributed by atoms with Crippen LogP contribution in [0.25, 0.3) is 11.5 Å². The van der Waals surface area contributed by atoms with E-state index in [1.54, 1.807) is 12.1 Å². The molecule has 0 spiro atoms. The second-order valence-electron chi connectivity index (χ2n) is 6.80. The third-order valence-electron chi connectivity index (χ3n) is 4.84. The van der Waals surface area contributed by atoms with Crippen molar-refractivity contribution < 1.29 is 27.1 Å². The van der Waals surface area contributed by atoms with Crippen LogP contribution in [0.1, 0.15) is 23.5 Å². The number of nitrogens with one attached hydrogen (secondary N) is 1. The number of hydrogen-bond acceptors (Lipinski definition) is 8. The van der Waals surface area contributed by atoms with E-state index in [9.17, 15) is 13.2 Å². The first-order valence-corrected chi connectivity index (χ1v) is 10.9. The lowest BCUT2D eigenvalue weighted by Crippen LogP contribution is -2.40. The molecule has 1 amide bonds. The smallest absolute Gasteiger partial charge is 0.308 e. The van der Waals surface area contributed by atoms with Crippen molar-refractivity contribution in [1.29, 1.82) is 0 Å². The van der Waals surface area contributed by atoms with Crippen LogP contribution in [0.5, 0.6) is 0 Å². The predicted molar refractivity (Wildman–Crippen MR) is 101 cm³/mol. The number of ether oxygens (including phenoxy) is 2. The van der Waals surface area contributed by atoms with Gasteiger partial charge in [0, 0.05) is 31.8 Å². The highest BCUT2D eigenvalue weighted by Gasteiger charge is 2.26. The van der Waals surface area contributed by atoms with Crippen LogP contribution in [0.3, 0.4) is 0 Å². The van der Waals surface area contributed by atoms with Crippen molar-refractivity contribution in [3.63, 3.8) is 0 Å². The highest BCUT2D eigenvalue weighted by molar-refractivity contribution is 7.89. The van der Waals surface area contributed by atoms with Gasteiger partial charge in [-0.15, -0.1) is 10.2 Å². The van der Waals surface area contributed by atoms with E-state index < -0.39 is 15.9 Å². The van der Waals surface area contributed by atoms with Crippen molar-refractivity contribution in [3.05, 3.63) is 30.2 Å². The lowest BCUT2D eigenvalue weighted by molar-refractivity contribution is 0.0730. The zero-order chi connectivity index (χ0) is 20.3. The SMILES string of the molecule is O=C(NC[C@H]1CCCO1)c1nnc(-c2ccc(S(=O)(=O)N3CCOCC3)cc2)o1. The van der Waals surface area contributed by atoms with Crippen LogP contribution < -0.4 is 5.32 Å². The van der Waals surface area contributed by atoms with E-state index in [-0.39, 0.29) is 22.8 Å². The van der Waals surface area contributed by atoms with Gasteiger partial charge in [0.05, 0.1) is 24.2 Å². The number of rotatable bonds is 6. The number of hydrogen-bond donors (Lipinski definition) is 1. The summed E-state index contributed by atoms with van der Waals surface area (Å²) in [5, 5.41) is 10.4. The van der Waals surface area contributed by atoms with Gasteiger partial charge in [-0.05, 0) is 37.1 Å². The second-order valence-corrected chi connectivity index (χ2v) is 8.74. The molecule has 1 atom stereocenters. The summed E-state index contributed by atoms with van der Waals surface area (Å²) in [4.78, 5) is 12.3. The summed E-state index contributed by atoms with van der Waals surface area (Å²) >= 11 is 0. The van der Waals surface area contributed by atoms with Gasteiger partial charge >= 0.3 is 11.8 Å². The zero-order valence-corrected chi connectivity index (χ0v) is 16.6. The van der Waals surface area contributed by atoms with E-state index in [1.807, 2.05) is 0 Å². The van der Waals surface area contributed by atoms with Crippen molar-refractivity contribution in [2.24, 2.45) is 0 Å². The summed E-state index contributed by atoms with van der Waals surface area (Å²) in [5.74, 6) is -0.476. The maximum absolute atomic E-state index is 12.7. The first-order chi connectivity index (χ1) is 14.0. The molecule has 2 saturated heterocycles. The highest BCUT2D eigenvalue weighted by atomic mass is 32.2. The Morgan fingerprint density at radius 1 is 1.14 bits per heavy atom.